The van der Waals surface area contributed by atoms with Crippen molar-refractivity contribution in [2.24, 2.45) is 0 Å². The number of hydrogen-bond donors (Lipinski definition) is 2. The third-order valence-corrected chi connectivity index (χ3v) is 3.44. The molecule has 0 spiro atoms. The summed E-state index contributed by atoms with van der Waals surface area (Å²) in [6, 6.07) is 16.3. The molecule has 0 aliphatic carbocycles. The number of nitrogens with one attached hydrogen (secondary N) is 2. The maximum absolute atomic E-state index is 12.1. The van der Waals surface area contributed by atoms with E-state index in [-0.39, 0.29) is 24.7 Å². The van der Waals surface area contributed by atoms with Crippen LogP contribution in [0.4, 0.5) is 5.69 Å². The van der Waals surface area contributed by atoms with Crippen molar-refractivity contribution in [1.82, 2.24) is 5.32 Å². The fraction of sp³-hybridized carbons (Fsp3) is 0.211. The van der Waals surface area contributed by atoms with Gasteiger partial charge in [0.25, 0.3) is 0 Å². The van der Waals surface area contributed by atoms with E-state index in [1.54, 1.807) is 31.4 Å². The first-order valence-corrected chi connectivity index (χ1v) is 7.76. The van der Waals surface area contributed by atoms with Gasteiger partial charge in [0.1, 0.15) is 12.2 Å². The van der Waals surface area contributed by atoms with Gasteiger partial charge in [-0.2, -0.15) is 5.26 Å². The van der Waals surface area contributed by atoms with Crippen molar-refractivity contribution < 1.29 is 14.3 Å². The third-order valence-electron chi connectivity index (χ3n) is 3.44. The van der Waals surface area contributed by atoms with Crippen LogP contribution in [0.25, 0.3) is 0 Å². The number of hydrogen-bond acceptors (Lipinski definition) is 4. The van der Waals surface area contributed by atoms with Crippen LogP contribution < -0.4 is 15.4 Å². The molecule has 6 nitrogen and oxygen atoms in total. The molecule has 2 rings (SSSR count). The Morgan fingerprint density at radius 3 is 2.60 bits per heavy atom. The van der Waals surface area contributed by atoms with Crippen LogP contribution in [-0.4, -0.2) is 18.9 Å². The summed E-state index contributed by atoms with van der Waals surface area (Å²) in [6.07, 6.45) is 0.0668. The van der Waals surface area contributed by atoms with Crippen molar-refractivity contribution in [3.63, 3.8) is 0 Å². The van der Waals surface area contributed by atoms with Crippen LogP contribution in [0.15, 0.2) is 48.5 Å². The number of amides is 2. The van der Waals surface area contributed by atoms with Crippen LogP contribution in [0.2, 0.25) is 0 Å². The van der Waals surface area contributed by atoms with Gasteiger partial charge in [-0.3, -0.25) is 9.59 Å². The van der Waals surface area contributed by atoms with Gasteiger partial charge in [-0.15, -0.1) is 0 Å². The van der Waals surface area contributed by atoms with Crippen LogP contribution in [0.1, 0.15) is 17.5 Å². The van der Waals surface area contributed by atoms with Gasteiger partial charge in [0.05, 0.1) is 19.6 Å². The van der Waals surface area contributed by atoms with E-state index in [9.17, 15) is 9.59 Å². The molecule has 6 heteroatoms. The lowest BCUT2D eigenvalue weighted by Gasteiger charge is -2.09. The quantitative estimate of drug-likeness (QED) is 0.811. The smallest absolute Gasteiger partial charge is 0.238 e. The molecule has 0 atom stereocenters. The molecule has 0 aliphatic rings. The lowest BCUT2D eigenvalue weighted by atomic mass is 10.1. The maximum Gasteiger partial charge on any atom is 0.238 e. The largest absolute Gasteiger partial charge is 0.497 e. The van der Waals surface area contributed by atoms with Gasteiger partial charge >= 0.3 is 0 Å². The second-order valence-corrected chi connectivity index (χ2v) is 5.39. The minimum atomic E-state index is -0.360. The third kappa shape index (κ3) is 5.99. The average Bonchev–Trinajstić information content (AvgIpc) is 2.60. The number of methoxy groups -OCH3 is 1. The van der Waals surface area contributed by atoms with Crippen molar-refractivity contribution in [1.29, 1.82) is 5.26 Å². The highest BCUT2D eigenvalue weighted by atomic mass is 16.5. The fourth-order valence-electron chi connectivity index (χ4n) is 2.27. The van der Waals surface area contributed by atoms with Crippen LogP contribution in [0, 0.1) is 11.3 Å². The van der Waals surface area contributed by atoms with Gasteiger partial charge in [0.2, 0.25) is 11.8 Å². The SMILES string of the molecule is COc1cccc(CC(=O)NCc2cccc(NC(=O)CC#N)c2)c1. The molecular weight excluding hydrogens is 318 g/mol. The van der Waals surface area contributed by atoms with Crippen molar-refractivity contribution in [3.05, 3.63) is 59.7 Å². The molecule has 2 N–H and O–H groups in total. The van der Waals surface area contributed by atoms with Crippen LogP contribution in [0.5, 0.6) is 5.75 Å². The van der Waals surface area contributed by atoms with Crippen LogP contribution in [-0.2, 0) is 22.6 Å². The number of benzene rings is 2. The molecule has 2 amide bonds. The maximum atomic E-state index is 12.1. The molecule has 0 radical (unpaired) electrons. The Morgan fingerprint density at radius 1 is 1.08 bits per heavy atom. The average molecular weight is 337 g/mol. The molecule has 0 fully saturated rings. The fourth-order valence-corrected chi connectivity index (χ4v) is 2.27. The molecule has 0 aliphatic heterocycles. The van der Waals surface area contributed by atoms with Gasteiger partial charge in [-0.25, -0.2) is 0 Å². The summed E-state index contributed by atoms with van der Waals surface area (Å²) in [5.74, 6) is 0.250. The predicted molar refractivity (Wildman–Crippen MR) is 93.8 cm³/mol. The number of nitrogens with zero attached hydrogens (tertiary/aromatic N) is 1. The Bertz CT molecular complexity index is 796. The number of carbonyl (C=O) groups excluding carboxylic acids is 2. The molecular formula is C19H19N3O3. The highest BCUT2D eigenvalue weighted by molar-refractivity contribution is 5.92. The monoisotopic (exact) mass is 337 g/mol. The van der Waals surface area contributed by atoms with Crippen molar-refractivity contribution in [2.45, 2.75) is 19.4 Å². The van der Waals surface area contributed by atoms with E-state index in [0.717, 1.165) is 11.1 Å². The van der Waals surface area contributed by atoms with Gasteiger partial charge < -0.3 is 15.4 Å². The van der Waals surface area contributed by atoms with E-state index in [0.29, 0.717) is 18.0 Å². The zero-order valence-corrected chi connectivity index (χ0v) is 13.9. The summed E-state index contributed by atoms with van der Waals surface area (Å²) in [6.45, 7) is 0.352. The van der Waals surface area contributed by atoms with E-state index in [2.05, 4.69) is 10.6 Å². The number of ether oxygens (including phenoxy) is 1. The van der Waals surface area contributed by atoms with Gasteiger partial charge in [-0.05, 0) is 35.4 Å². The topological polar surface area (TPSA) is 91.2 Å². The van der Waals surface area contributed by atoms with Crippen molar-refractivity contribution in [3.8, 4) is 11.8 Å². The van der Waals surface area contributed by atoms with E-state index in [1.165, 1.54) is 0 Å². The first-order valence-electron chi connectivity index (χ1n) is 7.76. The normalized spacial score (nSPS) is 9.76. The molecule has 2 aromatic rings. The zero-order chi connectivity index (χ0) is 18.1. The lowest BCUT2D eigenvalue weighted by Crippen LogP contribution is -2.24. The number of nitriles is 1. The van der Waals surface area contributed by atoms with Gasteiger partial charge in [0.15, 0.2) is 0 Å². The number of rotatable bonds is 7. The summed E-state index contributed by atoms with van der Waals surface area (Å²) in [4.78, 5) is 23.5. The number of anilines is 1. The van der Waals surface area contributed by atoms with Crippen LogP contribution >= 0.6 is 0 Å². The lowest BCUT2D eigenvalue weighted by molar-refractivity contribution is -0.120. The second kappa shape index (κ2) is 9.08. The summed E-state index contributed by atoms with van der Waals surface area (Å²) >= 11 is 0. The summed E-state index contributed by atoms with van der Waals surface area (Å²) in [7, 11) is 1.58. The van der Waals surface area contributed by atoms with E-state index in [1.807, 2.05) is 30.3 Å². The summed E-state index contributed by atoms with van der Waals surface area (Å²) in [5, 5.41) is 14.0. The molecule has 0 heterocycles. The molecule has 0 saturated heterocycles. The number of carbonyl (C=O) groups is 2. The molecule has 0 saturated carbocycles. The van der Waals surface area contributed by atoms with E-state index in [4.69, 9.17) is 10.00 Å². The minimum absolute atomic E-state index is 0.104. The summed E-state index contributed by atoms with van der Waals surface area (Å²) < 4.78 is 5.14. The minimum Gasteiger partial charge on any atom is -0.497 e. The van der Waals surface area contributed by atoms with Crippen molar-refractivity contribution >= 4 is 17.5 Å². The molecule has 0 aromatic heterocycles. The van der Waals surface area contributed by atoms with Gasteiger partial charge in [-0.1, -0.05) is 24.3 Å². The Kier molecular flexibility index (Phi) is 6.55. The molecule has 2 aromatic carbocycles. The first kappa shape index (κ1) is 18.0. The van der Waals surface area contributed by atoms with E-state index < -0.39 is 0 Å². The Morgan fingerprint density at radius 2 is 1.84 bits per heavy atom. The standard InChI is InChI=1S/C19H19N3O3/c1-25-17-7-3-4-14(11-17)12-19(24)21-13-15-5-2-6-16(10-15)22-18(23)8-9-20/h2-7,10-11H,8,12-13H2,1H3,(H,21,24)(H,22,23). The Balaban J connectivity index is 1.89. The first-order chi connectivity index (χ1) is 12.1. The second-order valence-electron chi connectivity index (χ2n) is 5.39. The molecule has 128 valence electrons. The van der Waals surface area contributed by atoms with Gasteiger partial charge in [0, 0.05) is 12.2 Å². The predicted octanol–water partition coefficient (Wildman–Crippen LogP) is 2.41. The zero-order valence-electron chi connectivity index (χ0n) is 13.9. The molecule has 0 bridgehead atoms. The molecule has 0 unspecified atom stereocenters. The van der Waals surface area contributed by atoms with E-state index >= 15 is 0 Å². The van der Waals surface area contributed by atoms with Crippen LogP contribution in [0.3, 0.4) is 0 Å². The summed E-state index contributed by atoms with van der Waals surface area (Å²) in [5.41, 5.74) is 2.32. The Hall–Kier alpha value is -3.33. The highest BCUT2D eigenvalue weighted by Gasteiger charge is 2.06. The Labute approximate surface area is 146 Å². The molecule has 25 heavy (non-hydrogen) atoms. The highest BCUT2D eigenvalue weighted by Crippen LogP contribution is 2.13. The van der Waals surface area contributed by atoms with Crippen molar-refractivity contribution in [2.75, 3.05) is 12.4 Å².